The molecular weight excluding hydrogens is 450 g/mol. The molecule has 0 aliphatic carbocycles. The van der Waals surface area contributed by atoms with Gasteiger partial charge in [0.05, 0.1) is 12.1 Å². The maximum absolute atomic E-state index is 11.2. The molecule has 1 fully saturated rings. The summed E-state index contributed by atoms with van der Waals surface area (Å²) in [6.07, 6.45) is 4.25. The third-order valence-electron chi connectivity index (χ3n) is 5.69. The number of thioether (sulfide) groups is 2. The van der Waals surface area contributed by atoms with Gasteiger partial charge in [-0.05, 0) is 50.7 Å². The number of aromatic nitrogens is 1. The highest BCUT2D eigenvalue weighted by molar-refractivity contribution is 7.99. The molecule has 0 saturated carbocycles. The summed E-state index contributed by atoms with van der Waals surface area (Å²) in [7, 11) is 2.12. The lowest BCUT2D eigenvalue weighted by Gasteiger charge is -2.25. The van der Waals surface area contributed by atoms with E-state index in [-0.39, 0.29) is 5.78 Å². The normalized spacial score (nSPS) is 14.4. The number of hydrogen-bond donors (Lipinski definition) is 0. The third kappa shape index (κ3) is 6.51. The maximum Gasteiger partial charge on any atom is 0.242 e. The van der Waals surface area contributed by atoms with Crippen molar-refractivity contribution in [3.8, 4) is 6.07 Å². The van der Waals surface area contributed by atoms with Crippen LogP contribution in [-0.2, 0) is 17.0 Å². The molecule has 1 aliphatic heterocycles. The molecule has 1 aromatic heterocycles. The minimum atomic E-state index is 0.198. The van der Waals surface area contributed by atoms with E-state index in [9.17, 15) is 10.1 Å². The number of rotatable bonds is 8. The number of carbonyl (C=O) groups is 1. The summed E-state index contributed by atoms with van der Waals surface area (Å²) >= 11 is 2.99. The molecule has 2 aromatic rings. The second kappa shape index (κ2) is 12.1. The van der Waals surface area contributed by atoms with Gasteiger partial charge in [-0.1, -0.05) is 24.3 Å². The summed E-state index contributed by atoms with van der Waals surface area (Å²) in [5.41, 5.74) is 3.26. The monoisotopic (exact) mass is 479 g/mol. The fourth-order valence-corrected chi connectivity index (χ4v) is 5.46. The molecule has 0 amide bonds. The van der Waals surface area contributed by atoms with Crippen molar-refractivity contribution < 1.29 is 4.79 Å². The highest BCUT2D eigenvalue weighted by Crippen LogP contribution is 2.43. The molecule has 6 nitrogen and oxygen atoms in total. The molecule has 2 heterocycles. The van der Waals surface area contributed by atoms with E-state index in [0.717, 1.165) is 55.0 Å². The molecule has 1 aromatic carbocycles. The number of ketones is 1. The van der Waals surface area contributed by atoms with Crippen molar-refractivity contribution in [1.29, 1.82) is 5.26 Å². The van der Waals surface area contributed by atoms with Gasteiger partial charge in [-0.3, -0.25) is 0 Å². The fraction of sp³-hybridized carbons (Fsp3) is 0.440. The van der Waals surface area contributed by atoms with Crippen LogP contribution in [0.1, 0.15) is 36.5 Å². The number of likely N-dealkylation sites (N-methyl/N-ethyl adjacent to an activating group) is 1. The Morgan fingerprint density at radius 3 is 2.58 bits per heavy atom. The van der Waals surface area contributed by atoms with Gasteiger partial charge in [-0.15, -0.1) is 23.5 Å². The zero-order valence-corrected chi connectivity index (χ0v) is 21.1. The van der Waals surface area contributed by atoms with E-state index in [2.05, 4.69) is 52.0 Å². The topological polar surface area (TPSA) is 64.6 Å². The van der Waals surface area contributed by atoms with Crippen molar-refractivity contribution in [1.82, 2.24) is 9.88 Å². The molecule has 0 atom stereocenters. The maximum atomic E-state index is 11.2. The molecule has 33 heavy (non-hydrogen) atoms. The van der Waals surface area contributed by atoms with Gasteiger partial charge in [0.2, 0.25) is 5.69 Å². The van der Waals surface area contributed by atoms with Gasteiger partial charge < -0.3 is 14.6 Å². The minimum absolute atomic E-state index is 0.198. The first-order chi connectivity index (χ1) is 16.0. The molecular formula is C25H29N5OS2. The Labute approximate surface area is 205 Å². The summed E-state index contributed by atoms with van der Waals surface area (Å²) < 4.78 is 0. The minimum Gasteiger partial charge on any atom is -0.364 e. The zero-order chi connectivity index (χ0) is 23.8. The van der Waals surface area contributed by atoms with E-state index >= 15 is 0 Å². The Balaban J connectivity index is 1.87. The lowest BCUT2D eigenvalue weighted by molar-refractivity contribution is -0.116. The number of pyridine rings is 1. The Hall–Kier alpha value is -2.52. The Morgan fingerprint density at radius 1 is 1.21 bits per heavy atom. The highest BCUT2D eigenvalue weighted by atomic mass is 32.2. The Bertz CT molecular complexity index is 1070. The van der Waals surface area contributed by atoms with Crippen molar-refractivity contribution in [2.75, 3.05) is 44.4 Å². The molecule has 0 bridgehead atoms. The predicted molar refractivity (Wildman–Crippen MR) is 136 cm³/mol. The molecule has 1 aliphatic rings. The number of anilines is 1. The van der Waals surface area contributed by atoms with Gasteiger partial charge >= 0.3 is 0 Å². The van der Waals surface area contributed by atoms with E-state index in [1.165, 1.54) is 11.8 Å². The van der Waals surface area contributed by atoms with Crippen molar-refractivity contribution >= 4 is 40.8 Å². The van der Waals surface area contributed by atoms with Crippen LogP contribution in [0.5, 0.6) is 0 Å². The fourth-order valence-electron chi connectivity index (χ4n) is 3.78. The van der Waals surface area contributed by atoms with Gasteiger partial charge in [-0.25, -0.2) is 9.83 Å². The van der Waals surface area contributed by atoms with Crippen LogP contribution in [0.4, 0.5) is 11.5 Å². The first-order valence-corrected chi connectivity index (χ1v) is 13.2. The molecule has 8 heteroatoms. The lowest BCUT2D eigenvalue weighted by Crippen LogP contribution is -2.29. The number of aryl methyl sites for hydroxylation is 1. The quantitative estimate of drug-likeness (QED) is 0.382. The van der Waals surface area contributed by atoms with Crippen LogP contribution < -0.4 is 4.90 Å². The number of Topliss-reactive ketones (excluding diaryl/α,β-unsaturated/α-hetero) is 1. The van der Waals surface area contributed by atoms with Crippen LogP contribution in [0.3, 0.4) is 0 Å². The van der Waals surface area contributed by atoms with E-state index in [1.807, 2.05) is 6.26 Å². The van der Waals surface area contributed by atoms with Crippen LogP contribution in [0.15, 0.2) is 34.2 Å². The number of nitriles is 1. The van der Waals surface area contributed by atoms with Crippen molar-refractivity contribution in [2.24, 2.45) is 0 Å². The average Bonchev–Trinajstić information content (AvgIpc) is 3.05. The summed E-state index contributed by atoms with van der Waals surface area (Å²) in [6, 6.07) is 10.6. The largest absolute Gasteiger partial charge is 0.364 e. The van der Waals surface area contributed by atoms with Gasteiger partial charge in [0, 0.05) is 36.7 Å². The van der Waals surface area contributed by atoms with Gasteiger partial charge in [0.15, 0.2) is 0 Å². The van der Waals surface area contributed by atoms with Crippen LogP contribution in [0.25, 0.3) is 4.85 Å². The zero-order valence-electron chi connectivity index (χ0n) is 19.4. The molecule has 3 rings (SSSR count). The third-order valence-corrected chi connectivity index (χ3v) is 7.54. The predicted octanol–water partition coefficient (Wildman–Crippen LogP) is 5.18. The molecule has 0 radical (unpaired) electrons. The van der Waals surface area contributed by atoms with Crippen molar-refractivity contribution in [3.63, 3.8) is 0 Å². The van der Waals surface area contributed by atoms with Crippen LogP contribution in [0, 0.1) is 17.9 Å². The number of benzene rings is 1. The lowest BCUT2D eigenvalue weighted by atomic mass is 10.1. The van der Waals surface area contributed by atoms with Crippen LogP contribution in [-0.4, -0.2) is 55.1 Å². The van der Waals surface area contributed by atoms with Crippen LogP contribution >= 0.6 is 23.5 Å². The van der Waals surface area contributed by atoms with Crippen molar-refractivity contribution in [3.05, 3.63) is 52.4 Å². The SMILES string of the molecule is [C-]#[N+]c1c(N2CCCN(C)CC2)nc(SCc2ccc(CCC(C)=O)cc2)c(C#N)c1SC. The summed E-state index contributed by atoms with van der Waals surface area (Å²) in [6.45, 7) is 13.0. The van der Waals surface area contributed by atoms with E-state index in [1.54, 1.807) is 18.7 Å². The number of nitrogens with zero attached hydrogens (tertiary/aromatic N) is 5. The number of carbonyl (C=O) groups excluding carboxylic acids is 1. The Kier molecular flexibility index (Phi) is 9.20. The second-order valence-corrected chi connectivity index (χ2v) is 9.95. The van der Waals surface area contributed by atoms with Gasteiger partial charge in [0.1, 0.15) is 22.7 Å². The van der Waals surface area contributed by atoms with Crippen molar-refractivity contribution in [2.45, 2.75) is 41.9 Å². The summed E-state index contributed by atoms with van der Waals surface area (Å²) in [5, 5.41) is 10.6. The molecule has 0 unspecified atom stereocenters. The van der Waals surface area contributed by atoms with E-state index < -0.39 is 0 Å². The van der Waals surface area contributed by atoms with E-state index in [0.29, 0.717) is 34.3 Å². The molecule has 0 spiro atoms. The van der Waals surface area contributed by atoms with Gasteiger partial charge in [-0.2, -0.15) is 5.26 Å². The summed E-state index contributed by atoms with van der Waals surface area (Å²) in [4.78, 5) is 25.1. The average molecular weight is 480 g/mol. The Morgan fingerprint density at radius 2 is 1.94 bits per heavy atom. The molecule has 1 saturated heterocycles. The standard InChI is InChI=1S/C25H29N5OS2/c1-18(31)6-7-19-8-10-20(11-9-19)17-33-25-21(16-26)23(32-4)22(27-2)24(28-25)30-13-5-12-29(3)14-15-30/h8-11H,5-7,12-15,17H2,1,3-4H3. The van der Waals surface area contributed by atoms with E-state index in [4.69, 9.17) is 11.6 Å². The van der Waals surface area contributed by atoms with Gasteiger partial charge in [0.25, 0.3) is 0 Å². The van der Waals surface area contributed by atoms with Crippen LogP contribution in [0.2, 0.25) is 0 Å². The summed E-state index contributed by atoms with van der Waals surface area (Å²) in [5.74, 6) is 1.58. The first-order valence-electron chi connectivity index (χ1n) is 11.0. The molecule has 0 N–H and O–H groups in total. The smallest absolute Gasteiger partial charge is 0.242 e. The highest BCUT2D eigenvalue weighted by Gasteiger charge is 2.24. The number of hydrogen-bond acceptors (Lipinski definition) is 7. The second-order valence-electron chi connectivity index (χ2n) is 8.17. The molecule has 172 valence electrons. The first kappa shape index (κ1) is 25.1.